The molecule has 0 aliphatic heterocycles. The third-order valence-corrected chi connectivity index (χ3v) is 4.87. The number of nitrogens with one attached hydrogen (secondary N) is 1. The van der Waals surface area contributed by atoms with Crippen molar-refractivity contribution >= 4 is 27.8 Å². The number of carbonyl (C=O) groups excluding carboxylic acids is 1. The van der Waals surface area contributed by atoms with Crippen LogP contribution in [0.3, 0.4) is 0 Å². The van der Waals surface area contributed by atoms with Crippen molar-refractivity contribution in [3.05, 3.63) is 0 Å². The summed E-state index contributed by atoms with van der Waals surface area (Å²) in [6, 6.07) is 0. The number of carbonyl (C=O) groups is 2. The molecule has 0 fully saturated rings. The fourth-order valence-corrected chi connectivity index (χ4v) is 2.86. The molecular formula is C25H48BrNO12. The van der Waals surface area contributed by atoms with Gasteiger partial charge in [-0.05, 0) is 6.42 Å². The number of alkyl halides is 1. The molecular weight excluding hydrogens is 586 g/mol. The summed E-state index contributed by atoms with van der Waals surface area (Å²) >= 11 is 3.29. The van der Waals surface area contributed by atoms with Gasteiger partial charge in [0.1, 0.15) is 0 Å². The van der Waals surface area contributed by atoms with Crippen molar-refractivity contribution in [1.82, 2.24) is 5.32 Å². The van der Waals surface area contributed by atoms with Crippen LogP contribution in [0.2, 0.25) is 0 Å². The zero-order valence-electron chi connectivity index (χ0n) is 23.1. The number of rotatable bonds is 33. The van der Waals surface area contributed by atoms with E-state index < -0.39 is 5.97 Å². The normalized spacial score (nSPS) is 11.2. The van der Waals surface area contributed by atoms with E-state index in [0.29, 0.717) is 132 Å². The molecule has 39 heavy (non-hydrogen) atoms. The topological polar surface area (TPSA) is 149 Å². The Morgan fingerprint density at radius 3 is 1.10 bits per heavy atom. The smallest absolute Gasteiger partial charge is 0.303 e. The first-order valence-electron chi connectivity index (χ1n) is 13.4. The number of amides is 1. The van der Waals surface area contributed by atoms with Gasteiger partial charge in [0.25, 0.3) is 0 Å². The van der Waals surface area contributed by atoms with Crippen LogP contribution in [0.1, 0.15) is 19.3 Å². The Labute approximate surface area is 240 Å². The number of carboxylic acid groups (broad SMARTS) is 1. The van der Waals surface area contributed by atoms with Gasteiger partial charge in [-0.3, -0.25) is 9.59 Å². The molecule has 232 valence electrons. The van der Waals surface area contributed by atoms with Crippen LogP contribution in [0.4, 0.5) is 0 Å². The fourth-order valence-electron chi connectivity index (χ4n) is 2.63. The first-order valence-corrected chi connectivity index (χ1v) is 14.5. The van der Waals surface area contributed by atoms with Gasteiger partial charge in [-0.2, -0.15) is 0 Å². The highest BCUT2D eigenvalue weighted by Gasteiger charge is 2.04. The Morgan fingerprint density at radius 2 is 0.795 bits per heavy atom. The predicted molar refractivity (Wildman–Crippen MR) is 146 cm³/mol. The highest BCUT2D eigenvalue weighted by atomic mass is 79.9. The van der Waals surface area contributed by atoms with Gasteiger partial charge in [-0.15, -0.1) is 0 Å². The fraction of sp³-hybridized carbons (Fsp3) is 0.920. The first kappa shape index (κ1) is 38.1. The van der Waals surface area contributed by atoms with E-state index in [2.05, 4.69) is 21.2 Å². The summed E-state index contributed by atoms with van der Waals surface area (Å²) in [6.45, 7) is 9.76. The molecule has 0 saturated heterocycles. The zero-order valence-corrected chi connectivity index (χ0v) is 24.7. The average Bonchev–Trinajstić information content (AvgIpc) is 2.93. The number of hydrogen-bond donors (Lipinski definition) is 2. The summed E-state index contributed by atoms with van der Waals surface area (Å²) in [6.07, 6.45) is 0.489. The van der Waals surface area contributed by atoms with E-state index in [1.807, 2.05) is 0 Å². The molecule has 0 aliphatic carbocycles. The van der Waals surface area contributed by atoms with Crippen molar-refractivity contribution < 1.29 is 57.3 Å². The second kappa shape index (κ2) is 33.3. The van der Waals surface area contributed by atoms with Crippen LogP contribution in [-0.4, -0.2) is 148 Å². The van der Waals surface area contributed by atoms with E-state index in [9.17, 15) is 9.59 Å². The molecule has 0 spiro atoms. The average molecular weight is 635 g/mol. The molecule has 14 heteroatoms. The zero-order chi connectivity index (χ0) is 28.5. The van der Waals surface area contributed by atoms with Crippen molar-refractivity contribution in [3.8, 4) is 0 Å². The van der Waals surface area contributed by atoms with Crippen molar-refractivity contribution in [2.45, 2.75) is 19.3 Å². The van der Waals surface area contributed by atoms with E-state index in [1.54, 1.807) is 0 Å². The molecule has 0 atom stereocenters. The van der Waals surface area contributed by atoms with Gasteiger partial charge >= 0.3 is 5.97 Å². The van der Waals surface area contributed by atoms with E-state index in [0.717, 1.165) is 5.33 Å². The van der Waals surface area contributed by atoms with Crippen molar-refractivity contribution in [3.63, 3.8) is 0 Å². The Hall–Kier alpha value is -0.940. The van der Waals surface area contributed by atoms with Gasteiger partial charge in [0.05, 0.1) is 119 Å². The molecule has 0 aliphatic rings. The molecule has 0 aromatic heterocycles. The minimum Gasteiger partial charge on any atom is -0.481 e. The van der Waals surface area contributed by atoms with Crippen molar-refractivity contribution in [2.75, 3.05) is 131 Å². The molecule has 2 N–H and O–H groups in total. The van der Waals surface area contributed by atoms with Crippen LogP contribution in [0, 0.1) is 0 Å². The maximum Gasteiger partial charge on any atom is 0.303 e. The number of halogens is 1. The van der Waals surface area contributed by atoms with E-state index in [1.165, 1.54) is 0 Å². The van der Waals surface area contributed by atoms with Gasteiger partial charge in [0.15, 0.2) is 0 Å². The number of ether oxygens (including phenoxy) is 9. The summed E-state index contributed by atoms with van der Waals surface area (Å²) in [5.41, 5.74) is 0. The Bertz CT molecular complexity index is 533. The SMILES string of the molecule is O=C(O)CCC(=O)NCCCOCCOCCOCCOCCOCCOCCOCCOCCOCCBr. The van der Waals surface area contributed by atoms with Crippen LogP contribution in [0.25, 0.3) is 0 Å². The molecule has 1 amide bonds. The summed E-state index contributed by atoms with van der Waals surface area (Å²) < 4.78 is 48.6. The highest BCUT2D eigenvalue weighted by Crippen LogP contribution is 1.90. The number of aliphatic carboxylic acids is 1. The van der Waals surface area contributed by atoms with Crippen LogP contribution >= 0.6 is 15.9 Å². The number of hydrogen-bond acceptors (Lipinski definition) is 11. The van der Waals surface area contributed by atoms with Gasteiger partial charge < -0.3 is 53.1 Å². The van der Waals surface area contributed by atoms with Crippen LogP contribution in [0.5, 0.6) is 0 Å². The third-order valence-electron chi connectivity index (χ3n) is 4.55. The van der Waals surface area contributed by atoms with Crippen LogP contribution < -0.4 is 5.32 Å². The second-order valence-electron chi connectivity index (χ2n) is 7.80. The maximum absolute atomic E-state index is 11.3. The quantitative estimate of drug-likeness (QED) is 0.0781. The highest BCUT2D eigenvalue weighted by molar-refractivity contribution is 9.09. The standard InChI is InChI=1S/C25H48BrNO12/c26-4-7-32-9-11-34-13-15-36-17-19-38-21-23-39-22-20-37-18-16-35-14-12-33-10-8-31-6-1-5-27-24(28)2-3-25(29)30/h1-23H2,(H,27,28)(H,29,30). The van der Waals surface area contributed by atoms with Gasteiger partial charge in [0.2, 0.25) is 5.91 Å². The Balaban J connectivity index is 3.07. The molecule has 0 bridgehead atoms. The largest absolute Gasteiger partial charge is 0.481 e. The van der Waals surface area contributed by atoms with Crippen LogP contribution in [-0.2, 0) is 52.2 Å². The van der Waals surface area contributed by atoms with Crippen molar-refractivity contribution in [2.24, 2.45) is 0 Å². The maximum atomic E-state index is 11.3. The Morgan fingerprint density at radius 1 is 0.487 bits per heavy atom. The minimum atomic E-state index is -0.980. The summed E-state index contributed by atoms with van der Waals surface area (Å²) in [5.74, 6) is -1.24. The summed E-state index contributed by atoms with van der Waals surface area (Å²) in [5, 5.41) is 12.0. The van der Waals surface area contributed by atoms with Gasteiger partial charge in [-0.1, -0.05) is 15.9 Å². The molecule has 0 heterocycles. The molecule has 0 unspecified atom stereocenters. The van der Waals surface area contributed by atoms with Crippen molar-refractivity contribution in [1.29, 1.82) is 0 Å². The predicted octanol–water partition coefficient (Wildman–Crippen LogP) is 0.902. The molecule has 0 saturated carbocycles. The van der Waals surface area contributed by atoms with E-state index >= 15 is 0 Å². The lowest BCUT2D eigenvalue weighted by Crippen LogP contribution is -2.25. The molecule has 0 rings (SSSR count). The van der Waals surface area contributed by atoms with E-state index in [4.69, 9.17) is 47.7 Å². The Kier molecular flexibility index (Phi) is 32.5. The summed E-state index contributed by atoms with van der Waals surface area (Å²) in [4.78, 5) is 21.7. The monoisotopic (exact) mass is 633 g/mol. The molecule has 13 nitrogen and oxygen atoms in total. The third kappa shape index (κ3) is 35.0. The minimum absolute atomic E-state index is 0.00646. The van der Waals surface area contributed by atoms with Crippen LogP contribution in [0.15, 0.2) is 0 Å². The molecule has 0 aromatic carbocycles. The lowest BCUT2D eigenvalue weighted by molar-refractivity contribution is -0.138. The first-order chi connectivity index (χ1) is 19.2. The van der Waals surface area contributed by atoms with Gasteiger partial charge in [-0.25, -0.2) is 0 Å². The second-order valence-corrected chi connectivity index (χ2v) is 8.59. The molecule has 0 aromatic rings. The lowest BCUT2D eigenvalue weighted by atomic mass is 10.3. The number of carboxylic acids is 1. The summed E-state index contributed by atoms with van der Waals surface area (Å²) in [7, 11) is 0. The lowest BCUT2D eigenvalue weighted by Gasteiger charge is -2.09. The van der Waals surface area contributed by atoms with Gasteiger partial charge in [0, 0.05) is 24.9 Å². The molecule has 0 radical (unpaired) electrons. The van der Waals surface area contributed by atoms with E-state index in [-0.39, 0.29) is 18.7 Å².